The molecule has 6 heteroatoms. The Hall–Kier alpha value is -6.21. The molecule has 0 saturated heterocycles. The molecule has 0 aliphatic heterocycles. The van der Waals surface area contributed by atoms with Gasteiger partial charge in [0, 0.05) is 63.1 Å². The van der Waals surface area contributed by atoms with Crippen LogP contribution in [-0.2, 0) is 0 Å². The highest BCUT2D eigenvalue weighted by Crippen LogP contribution is 2.42. The van der Waals surface area contributed by atoms with Crippen molar-refractivity contribution in [2.24, 2.45) is 0 Å². The lowest BCUT2D eigenvalue weighted by Crippen LogP contribution is -2.00. The molecule has 0 radical (unpaired) electrons. The summed E-state index contributed by atoms with van der Waals surface area (Å²) in [4.78, 5) is 14.6. The van der Waals surface area contributed by atoms with E-state index in [0.717, 1.165) is 58.1 Å². The van der Waals surface area contributed by atoms with Crippen molar-refractivity contribution in [3.63, 3.8) is 0 Å². The molecule has 51 heavy (non-hydrogen) atoms. The molecule has 0 unspecified atom stereocenters. The van der Waals surface area contributed by atoms with Gasteiger partial charge in [0.05, 0.1) is 28.3 Å². The highest BCUT2D eigenvalue weighted by Gasteiger charge is 2.18. The molecule has 0 fully saturated rings. The van der Waals surface area contributed by atoms with Gasteiger partial charge >= 0.3 is 0 Å². The van der Waals surface area contributed by atoms with Crippen molar-refractivity contribution >= 4 is 84.8 Å². The SMILES string of the molecule is [2H]c1c([2H])c([2H])c(-c2nc(-c3ccc4c(c3)sc3ccccc34)nc(-c3ccc4c(c3)sc3c(-n5c6ccccc6c6ccccc65)cccc34)n2)c([2H])c1[2H]. The van der Waals surface area contributed by atoms with Crippen LogP contribution in [0.25, 0.3) is 102 Å². The Bertz CT molecular complexity index is 3380. The van der Waals surface area contributed by atoms with E-state index in [1.807, 2.05) is 24.3 Å². The first-order chi connectivity index (χ1) is 27.3. The molecule has 4 nitrogen and oxygen atoms in total. The van der Waals surface area contributed by atoms with Crippen LogP contribution in [0.15, 0.2) is 158 Å². The van der Waals surface area contributed by atoms with Crippen LogP contribution < -0.4 is 0 Å². The van der Waals surface area contributed by atoms with Gasteiger partial charge in [0.15, 0.2) is 17.5 Å². The van der Waals surface area contributed by atoms with Gasteiger partial charge in [-0.2, -0.15) is 0 Å². The number of rotatable bonds is 4. The van der Waals surface area contributed by atoms with E-state index < -0.39 is 18.1 Å². The number of fused-ring (bicyclic) bond motifs is 9. The van der Waals surface area contributed by atoms with Crippen molar-refractivity contribution in [2.75, 3.05) is 0 Å². The minimum absolute atomic E-state index is 0.0172. The number of benzene rings is 7. The van der Waals surface area contributed by atoms with Gasteiger partial charge in [0.1, 0.15) is 0 Å². The largest absolute Gasteiger partial charge is 0.308 e. The topological polar surface area (TPSA) is 43.6 Å². The third-order valence-electron chi connectivity index (χ3n) is 9.55. The molecular weight excluding hydrogens is 661 g/mol. The molecule has 0 atom stereocenters. The lowest BCUT2D eigenvalue weighted by Gasteiger charge is -2.09. The first-order valence-corrected chi connectivity index (χ1v) is 18.2. The molecule has 0 spiro atoms. The Morgan fingerprint density at radius 1 is 0.431 bits per heavy atom. The monoisotopic (exact) mass is 691 g/mol. The summed E-state index contributed by atoms with van der Waals surface area (Å²) in [5.41, 5.74) is 4.78. The summed E-state index contributed by atoms with van der Waals surface area (Å²) in [6.07, 6.45) is 0. The fraction of sp³-hybridized carbons (Fsp3) is 0. The van der Waals surface area contributed by atoms with Gasteiger partial charge in [-0.25, -0.2) is 15.0 Å². The standard InChI is InChI=1S/C45H26N4S2/c1-2-11-27(12-3-1)43-46-44(28-21-23-33-32-15-6-9-20-39(32)50-40(33)25-28)48-45(47-43)29-22-24-34-35-16-10-19-38(42(35)51-41(34)26-29)49-36-17-7-4-13-30(36)31-14-5-8-18-37(31)49/h1-26H/i1D,2D,3D,11D,12D. The molecule has 4 aromatic heterocycles. The second-order valence-corrected chi connectivity index (χ2v) is 14.6. The number of aromatic nitrogens is 4. The van der Waals surface area contributed by atoms with Crippen LogP contribution >= 0.6 is 22.7 Å². The predicted molar refractivity (Wildman–Crippen MR) is 216 cm³/mol. The molecule has 4 heterocycles. The molecule has 0 N–H and O–H groups in total. The van der Waals surface area contributed by atoms with E-state index in [0.29, 0.717) is 11.6 Å². The maximum absolute atomic E-state index is 8.77. The van der Waals surface area contributed by atoms with Gasteiger partial charge < -0.3 is 4.57 Å². The van der Waals surface area contributed by atoms with Crippen molar-refractivity contribution in [3.8, 4) is 39.9 Å². The molecule has 11 aromatic rings. The van der Waals surface area contributed by atoms with E-state index in [4.69, 9.17) is 21.8 Å². The van der Waals surface area contributed by atoms with Crippen molar-refractivity contribution in [2.45, 2.75) is 0 Å². The van der Waals surface area contributed by atoms with Crippen molar-refractivity contribution in [1.82, 2.24) is 19.5 Å². The smallest absolute Gasteiger partial charge is 0.164 e. The normalized spacial score (nSPS) is 13.3. The Morgan fingerprint density at radius 2 is 0.961 bits per heavy atom. The maximum Gasteiger partial charge on any atom is 0.164 e. The van der Waals surface area contributed by atoms with Crippen LogP contribution in [0, 0.1) is 0 Å². The van der Waals surface area contributed by atoms with Gasteiger partial charge in [0.25, 0.3) is 0 Å². The molecule has 7 aromatic carbocycles. The van der Waals surface area contributed by atoms with Crippen LogP contribution in [-0.4, -0.2) is 19.5 Å². The summed E-state index contributed by atoms with van der Waals surface area (Å²) in [7, 11) is 0. The van der Waals surface area contributed by atoms with Crippen LogP contribution in [0.2, 0.25) is 0 Å². The zero-order valence-electron chi connectivity index (χ0n) is 31.7. The molecule has 0 amide bonds. The number of nitrogens with zero attached hydrogens (tertiary/aromatic N) is 4. The number of hydrogen-bond donors (Lipinski definition) is 0. The molecule has 0 aliphatic carbocycles. The number of para-hydroxylation sites is 2. The Labute approximate surface area is 307 Å². The third kappa shape index (κ3) is 4.47. The number of hydrogen-bond acceptors (Lipinski definition) is 5. The lowest BCUT2D eigenvalue weighted by molar-refractivity contribution is 1.08. The fourth-order valence-corrected chi connectivity index (χ4v) is 9.64. The van der Waals surface area contributed by atoms with Gasteiger partial charge in [-0.05, 0) is 36.4 Å². The first-order valence-electron chi connectivity index (χ1n) is 19.0. The van der Waals surface area contributed by atoms with Gasteiger partial charge in [-0.15, -0.1) is 22.7 Å². The second kappa shape index (κ2) is 11.2. The second-order valence-electron chi connectivity index (χ2n) is 12.5. The van der Waals surface area contributed by atoms with Crippen LogP contribution in [0.3, 0.4) is 0 Å². The fourth-order valence-electron chi connectivity index (χ4n) is 7.25. The van der Waals surface area contributed by atoms with Crippen molar-refractivity contribution in [1.29, 1.82) is 0 Å². The summed E-state index contributed by atoms with van der Waals surface area (Å²) in [5, 5.41) is 6.96. The van der Waals surface area contributed by atoms with Crippen LogP contribution in [0.1, 0.15) is 6.85 Å². The zero-order valence-corrected chi connectivity index (χ0v) is 28.4. The quantitative estimate of drug-likeness (QED) is 0.184. The van der Waals surface area contributed by atoms with E-state index in [2.05, 4.69) is 108 Å². The minimum Gasteiger partial charge on any atom is -0.308 e. The summed E-state index contributed by atoms with van der Waals surface area (Å²) in [6.45, 7) is 0. The van der Waals surface area contributed by atoms with Crippen molar-refractivity contribution in [3.05, 3.63) is 158 Å². The lowest BCUT2D eigenvalue weighted by atomic mass is 10.1. The molecule has 11 rings (SSSR count). The van der Waals surface area contributed by atoms with Gasteiger partial charge in [-0.3, -0.25) is 0 Å². The van der Waals surface area contributed by atoms with E-state index in [9.17, 15) is 0 Å². The van der Waals surface area contributed by atoms with Crippen LogP contribution in [0.4, 0.5) is 0 Å². The summed E-state index contributed by atoms with van der Waals surface area (Å²) < 4.78 is 49.3. The van der Waals surface area contributed by atoms with Gasteiger partial charge in [0.2, 0.25) is 0 Å². The molecule has 0 aliphatic rings. The number of thiophene rings is 2. The Kier molecular flexibility index (Phi) is 5.25. The van der Waals surface area contributed by atoms with Crippen LogP contribution in [0.5, 0.6) is 0 Å². The van der Waals surface area contributed by atoms with Gasteiger partial charge in [-0.1, -0.05) is 121 Å². The summed E-state index contributed by atoms with van der Waals surface area (Å²) in [6, 6.07) is 41.9. The van der Waals surface area contributed by atoms with E-state index in [-0.39, 0.29) is 23.5 Å². The Balaban J connectivity index is 1.12. The highest BCUT2D eigenvalue weighted by molar-refractivity contribution is 7.26. The molecule has 0 saturated carbocycles. The average molecular weight is 692 g/mol. The third-order valence-corrected chi connectivity index (χ3v) is 11.9. The molecular formula is C45H26N4S2. The van der Waals surface area contributed by atoms with E-state index >= 15 is 0 Å². The van der Waals surface area contributed by atoms with E-state index in [1.165, 1.54) is 20.9 Å². The molecule has 238 valence electrons. The van der Waals surface area contributed by atoms with E-state index in [1.54, 1.807) is 22.7 Å². The summed E-state index contributed by atoms with van der Waals surface area (Å²) in [5.74, 6) is 0.708. The zero-order chi connectivity index (χ0) is 37.8. The molecule has 0 bridgehead atoms. The van der Waals surface area contributed by atoms with Crippen molar-refractivity contribution < 1.29 is 6.85 Å². The maximum atomic E-state index is 8.77. The average Bonchev–Trinajstić information content (AvgIpc) is 3.91. The predicted octanol–water partition coefficient (Wildman–Crippen LogP) is 12.7. The summed E-state index contributed by atoms with van der Waals surface area (Å²) >= 11 is 3.39. The minimum atomic E-state index is -0.469. The first kappa shape index (κ1) is 24.0. The highest BCUT2D eigenvalue weighted by atomic mass is 32.1. The Morgan fingerprint density at radius 3 is 1.65 bits per heavy atom.